The molecule has 1 aromatic rings. The van der Waals surface area contributed by atoms with Crippen molar-refractivity contribution < 1.29 is 5.11 Å². The van der Waals surface area contributed by atoms with Gasteiger partial charge in [-0.25, -0.2) is 0 Å². The molecule has 1 nitrogen and oxygen atoms in total. The summed E-state index contributed by atoms with van der Waals surface area (Å²) in [5, 5.41) is 11.6. The van der Waals surface area contributed by atoms with Crippen LogP contribution in [0.15, 0.2) is 24.3 Å². The smallest absolute Gasteiger partial charge is 0.0936 e. The summed E-state index contributed by atoms with van der Waals surface area (Å²) in [5.41, 5.74) is 0.463. The maximum Gasteiger partial charge on any atom is 0.0936 e. The number of hydrogen-bond acceptors (Lipinski definition) is 1. The van der Waals surface area contributed by atoms with Crippen LogP contribution in [0.25, 0.3) is 0 Å². The van der Waals surface area contributed by atoms with Gasteiger partial charge in [0, 0.05) is 10.6 Å². The van der Waals surface area contributed by atoms with E-state index in [9.17, 15) is 5.11 Å². The second-order valence-electron chi connectivity index (χ2n) is 6.17. The SMILES string of the molecule is CC1CC(C)(C)CCC1(O)c1ccccc1Cl. The van der Waals surface area contributed by atoms with Crippen LogP contribution >= 0.6 is 11.6 Å². The fourth-order valence-corrected chi connectivity index (χ4v) is 3.39. The highest BCUT2D eigenvalue weighted by molar-refractivity contribution is 6.31. The second kappa shape index (κ2) is 4.29. The molecule has 2 rings (SSSR count). The van der Waals surface area contributed by atoms with Gasteiger partial charge in [-0.2, -0.15) is 0 Å². The van der Waals surface area contributed by atoms with Gasteiger partial charge in [-0.05, 0) is 36.7 Å². The number of aliphatic hydroxyl groups is 1. The van der Waals surface area contributed by atoms with Crippen molar-refractivity contribution in [3.63, 3.8) is 0 Å². The number of hydrogen-bond donors (Lipinski definition) is 1. The number of halogens is 1. The van der Waals surface area contributed by atoms with Gasteiger partial charge in [-0.1, -0.05) is 50.6 Å². The summed E-state index contributed by atoms with van der Waals surface area (Å²) in [5.74, 6) is 0.242. The molecule has 2 atom stereocenters. The van der Waals surface area contributed by atoms with E-state index in [2.05, 4.69) is 20.8 Å². The molecule has 1 N–H and O–H groups in total. The minimum absolute atomic E-state index is 0.242. The predicted molar refractivity (Wildman–Crippen MR) is 72.1 cm³/mol. The quantitative estimate of drug-likeness (QED) is 0.787. The summed E-state index contributed by atoms with van der Waals surface area (Å²) in [4.78, 5) is 0. The van der Waals surface area contributed by atoms with Gasteiger partial charge in [0.05, 0.1) is 5.60 Å². The standard InChI is InChI=1S/C15H21ClO/c1-11-10-14(2,3)8-9-15(11,17)12-6-4-5-7-13(12)16/h4-7,11,17H,8-10H2,1-3H3. The maximum atomic E-state index is 10.9. The Morgan fingerprint density at radius 3 is 2.47 bits per heavy atom. The first kappa shape index (κ1) is 12.9. The molecule has 0 aliphatic heterocycles. The molecule has 0 spiro atoms. The molecule has 0 amide bonds. The van der Waals surface area contributed by atoms with Crippen molar-refractivity contribution >= 4 is 11.6 Å². The van der Waals surface area contributed by atoms with Crippen molar-refractivity contribution in [3.05, 3.63) is 34.9 Å². The van der Waals surface area contributed by atoms with Crippen LogP contribution in [0.2, 0.25) is 5.02 Å². The lowest BCUT2D eigenvalue weighted by atomic mass is 9.63. The molecule has 0 bridgehead atoms. The molecule has 0 saturated heterocycles. The summed E-state index contributed by atoms with van der Waals surface area (Å²) in [6.45, 7) is 6.68. The number of rotatable bonds is 1. The Morgan fingerprint density at radius 1 is 1.24 bits per heavy atom. The summed E-state index contributed by atoms with van der Waals surface area (Å²) in [7, 11) is 0. The largest absolute Gasteiger partial charge is 0.385 e. The normalized spacial score (nSPS) is 32.4. The Labute approximate surface area is 109 Å². The Morgan fingerprint density at radius 2 is 1.88 bits per heavy atom. The molecule has 1 aromatic carbocycles. The maximum absolute atomic E-state index is 10.9. The molecule has 1 fully saturated rings. The Kier molecular flexibility index (Phi) is 3.26. The topological polar surface area (TPSA) is 20.2 Å². The first-order valence-electron chi connectivity index (χ1n) is 6.32. The first-order valence-corrected chi connectivity index (χ1v) is 6.70. The monoisotopic (exact) mass is 252 g/mol. The molecule has 0 aromatic heterocycles. The van der Waals surface area contributed by atoms with E-state index in [1.165, 1.54) is 0 Å². The van der Waals surface area contributed by atoms with E-state index < -0.39 is 5.60 Å². The van der Waals surface area contributed by atoms with Gasteiger partial charge in [0.2, 0.25) is 0 Å². The van der Waals surface area contributed by atoms with Crippen molar-refractivity contribution in [2.45, 2.75) is 45.6 Å². The lowest BCUT2D eigenvalue weighted by molar-refractivity contribution is -0.0769. The van der Waals surface area contributed by atoms with Crippen LogP contribution in [0, 0.1) is 11.3 Å². The third-order valence-electron chi connectivity index (χ3n) is 4.20. The van der Waals surface area contributed by atoms with E-state index in [1.807, 2.05) is 24.3 Å². The zero-order valence-electron chi connectivity index (χ0n) is 10.8. The van der Waals surface area contributed by atoms with Crippen LogP contribution < -0.4 is 0 Å². The average Bonchev–Trinajstić information content (AvgIpc) is 2.24. The fraction of sp³-hybridized carbons (Fsp3) is 0.600. The van der Waals surface area contributed by atoms with Crippen molar-refractivity contribution in [2.24, 2.45) is 11.3 Å². The lowest BCUT2D eigenvalue weighted by Crippen LogP contribution is -2.41. The van der Waals surface area contributed by atoms with E-state index in [0.717, 1.165) is 24.8 Å². The minimum atomic E-state index is -0.756. The number of benzene rings is 1. The average molecular weight is 253 g/mol. The molecule has 0 heterocycles. The third-order valence-corrected chi connectivity index (χ3v) is 4.53. The summed E-state index contributed by atoms with van der Waals surface area (Å²) >= 11 is 6.22. The Balaban J connectivity index is 2.35. The molecule has 1 aliphatic rings. The van der Waals surface area contributed by atoms with Gasteiger partial charge in [0.15, 0.2) is 0 Å². The first-order chi connectivity index (χ1) is 7.85. The third kappa shape index (κ3) is 2.36. The van der Waals surface area contributed by atoms with Gasteiger partial charge in [-0.15, -0.1) is 0 Å². The van der Waals surface area contributed by atoms with Gasteiger partial charge in [0.1, 0.15) is 0 Å². The molecule has 1 aliphatic carbocycles. The molecular weight excluding hydrogens is 232 g/mol. The van der Waals surface area contributed by atoms with Crippen molar-refractivity contribution in [1.29, 1.82) is 0 Å². The lowest BCUT2D eigenvalue weighted by Gasteiger charge is -2.45. The van der Waals surface area contributed by atoms with Crippen LogP contribution in [-0.2, 0) is 5.60 Å². The van der Waals surface area contributed by atoms with Gasteiger partial charge >= 0.3 is 0 Å². The van der Waals surface area contributed by atoms with E-state index in [-0.39, 0.29) is 5.92 Å². The molecule has 2 heteroatoms. The van der Waals surface area contributed by atoms with E-state index in [0.29, 0.717) is 10.4 Å². The molecule has 0 radical (unpaired) electrons. The second-order valence-corrected chi connectivity index (χ2v) is 6.58. The molecule has 94 valence electrons. The highest BCUT2D eigenvalue weighted by Gasteiger charge is 2.44. The van der Waals surface area contributed by atoms with E-state index in [1.54, 1.807) is 0 Å². The van der Waals surface area contributed by atoms with Gasteiger partial charge in [0.25, 0.3) is 0 Å². The molecule has 1 saturated carbocycles. The van der Waals surface area contributed by atoms with Crippen LogP contribution in [0.1, 0.15) is 45.6 Å². The van der Waals surface area contributed by atoms with Gasteiger partial charge < -0.3 is 5.11 Å². The molecule has 2 unspecified atom stereocenters. The zero-order valence-corrected chi connectivity index (χ0v) is 11.6. The minimum Gasteiger partial charge on any atom is -0.385 e. The van der Waals surface area contributed by atoms with Crippen molar-refractivity contribution in [2.75, 3.05) is 0 Å². The summed E-state index contributed by atoms with van der Waals surface area (Å²) < 4.78 is 0. The van der Waals surface area contributed by atoms with Gasteiger partial charge in [-0.3, -0.25) is 0 Å². The Bertz CT molecular complexity index is 413. The fourth-order valence-electron chi connectivity index (χ4n) is 3.09. The summed E-state index contributed by atoms with van der Waals surface area (Å²) in [6.07, 6.45) is 2.87. The Hall–Kier alpha value is -0.530. The molecule has 17 heavy (non-hydrogen) atoms. The van der Waals surface area contributed by atoms with Crippen molar-refractivity contribution in [1.82, 2.24) is 0 Å². The van der Waals surface area contributed by atoms with Crippen LogP contribution in [0.5, 0.6) is 0 Å². The highest BCUT2D eigenvalue weighted by Crippen LogP contribution is 2.49. The van der Waals surface area contributed by atoms with E-state index >= 15 is 0 Å². The van der Waals surface area contributed by atoms with Crippen LogP contribution in [0.3, 0.4) is 0 Å². The summed E-state index contributed by atoms with van der Waals surface area (Å²) in [6, 6.07) is 7.68. The highest BCUT2D eigenvalue weighted by atomic mass is 35.5. The van der Waals surface area contributed by atoms with Crippen molar-refractivity contribution in [3.8, 4) is 0 Å². The molecular formula is C15H21ClO. The van der Waals surface area contributed by atoms with Crippen LogP contribution in [-0.4, -0.2) is 5.11 Å². The predicted octanol–water partition coefficient (Wildman–Crippen LogP) is 4.37. The van der Waals surface area contributed by atoms with Crippen LogP contribution in [0.4, 0.5) is 0 Å². The zero-order chi connectivity index (χ0) is 12.7. The van der Waals surface area contributed by atoms with E-state index in [4.69, 9.17) is 11.6 Å².